The van der Waals surface area contributed by atoms with Gasteiger partial charge in [0.15, 0.2) is 17.5 Å². The highest BCUT2D eigenvalue weighted by molar-refractivity contribution is 5.84. The highest BCUT2D eigenvalue weighted by atomic mass is 15.0. The molecule has 5 aromatic carbocycles. The molecule has 0 radical (unpaired) electrons. The second-order valence-corrected chi connectivity index (χ2v) is 11.2. The Bertz CT molecular complexity index is 1830. The van der Waals surface area contributed by atoms with Gasteiger partial charge < -0.3 is 0 Å². The van der Waals surface area contributed by atoms with Crippen molar-refractivity contribution < 1.29 is 0 Å². The topological polar surface area (TPSA) is 38.7 Å². The molecule has 0 N–H and O–H groups in total. The van der Waals surface area contributed by atoms with E-state index in [1.54, 1.807) is 0 Å². The lowest BCUT2D eigenvalue weighted by Gasteiger charge is -2.27. The van der Waals surface area contributed by atoms with E-state index in [1.165, 1.54) is 59.1 Å². The predicted molar refractivity (Wildman–Crippen MR) is 166 cm³/mol. The third-order valence-electron chi connectivity index (χ3n) is 8.88. The molecule has 2 aliphatic carbocycles. The van der Waals surface area contributed by atoms with Crippen LogP contribution in [0.1, 0.15) is 36.8 Å². The first kappa shape index (κ1) is 24.0. The normalized spacial score (nSPS) is 14.6. The largest absolute Gasteiger partial charge is 0.208 e. The van der Waals surface area contributed by atoms with Crippen LogP contribution < -0.4 is 0 Å². The van der Waals surface area contributed by atoms with Crippen LogP contribution in [-0.2, 0) is 5.41 Å². The third kappa shape index (κ3) is 4.00. The molecule has 1 saturated carbocycles. The van der Waals surface area contributed by atoms with E-state index in [9.17, 15) is 0 Å². The molecule has 0 atom stereocenters. The minimum Gasteiger partial charge on any atom is -0.208 e. The average Bonchev–Trinajstić information content (AvgIpc) is 3.66. The number of nitrogens with zero attached hydrogens (tertiary/aromatic N) is 3. The van der Waals surface area contributed by atoms with E-state index in [1.807, 2.05) is 60.7 Å². The second-order valence-electron chi connectivity index (χ2n) is 11.2. The first-order valence-electron chi connectivity index (χ1n) is 14.5. The van der Waals surface area contributed by atoms with Gasteiger partial charge in [0.25, 0.3) is 0 Å². The maximum Gasteiger partial charge on any atom is 0.164 e. The van der Waals surface area contributed by atoms with Crippen molar-refractivity contribution in [2.45, 2.75) is 31.1 Å². The molecule has 1 heterocycles. The fraction of sp³-hybridized carbons (Fsp3) is 0.132. The van der Waals surface area contributed by atoms with Crippen LogP contribution >= 0.6 is 0 Å². The Morgan fingerprint density at radius 3 is 1.59 bits per heavy atom. The second kappa shape index (κ2) is 9.64. The van der Waals surface area contributed by atoms with E-state index >= 15 is 0 Å². The van der Waals surface area contributed by atoms with E-state index in [0.717, 1.165) is 16.7 Å². The molecular formula is C38H29N3. The van der Waals surface area contributed by atoms with Crippen molar-refractivity contribution in [3.8, 4) is 56.4 Å². The first-order valence-corrected chi connectivity index (χ1v) is 14.5. The van der Waals surface area contributed by atoms with Crippen molar-refractivity contribution >= 4 is 0 Å². The van der Waals surface area contributed by atoms with E-state index in [-0.39, 0.29) is 5.41 Å². The molecule has 0 amide bonds. The minimum atomic E-state index is 0.156. The lowest BCUT2D eigenvalue weighted by Crippen LogP contribution is -2.20. The Kier molecular flexibility index (Phi) is 5.63. The van der Waals surface area contributed by atoms with Crippen LogP contribution in [0.25, 0.3) is 56.4 Å². The van der Waals surface area contributed by atoms with Crippen LogP contribution in [0.3, 0.4) is 0 Å². The molecule has 41 heavy (non-hydrogen) atoms. The number of hydrogen-bond acceptors (Lipinski definition) is 3. The lowest BCUT2D eigenvalue weighted by molar-refractivity contribution is 0.550. The average molecular weight is 528 g/mol. The van der Waals surface area contributed by atoms with Gasteiger partial charge in [-0.3, -0.25) is 0 Å². The minimum absolute atomic E-state index is 0.156. The fourth-order valence-corrected chi connectivity index (χ4v) is 6.93. The number of rotatable bonds is 4. The van der Waals surface area contributed by atoms with E-state index in [2.05, 4.69) is 66.7 Å². The summed E-state index contributed by atoms with van der Waals surface area (Å²) in [5.74, 6) is 2.04. The van der Waals surface area contributed by atoms with Crippen LogP contribution in [0.4, 0.5) is 0 Å². The highest BCUT2D eigenvalue weighted by Crippen LogP contribution is 2.57. The van der Waals surface area contributed by atoms with Gasteiger partial charge in [0, 0.05) is 22.1 Å². The standard InChI is InChI=1S/C38H29N3/c1-3-12-26(13-4-1)35-39-36(27-14-5-2-6-15-27)41-37(40-35)30-17-11-16-28(24-30)29-20-21-32-31-18-7-8-19-33(31)38(34(32)25-29)22-9-10-23-38/h1-8,11-21,24-25H,9-10,22-23H2. The van der Waals surface area contributed by atoms with Crippen molar-refractivity contribution in [1.82, 2.24) is 15.0 Å². The SMILES string of the molecule is c1ccc(-c2nc(-c3ccccc3)nc(-c3cccc(-c4ccc5c(c4)C4(CCCC4)c4ccccc4-5)c3)n2)cc1. The summed E-state index contributed by atoms with van der Waals surface area (Å²) in [5.41, 5.74) is 11.3. The van der Waals surface area contributed by atoms with Crippen molar-refractivity contribution in [2.75, 3.05) is 0 Å². The molecule has 3 nitrogen and oxygen atoms in total. The van der Waals surface area contributed by atoms with Gasteiger partial charge in [-0.05, 0) is 58.4 Å². The van der Waals surface area contributed by atoms with Crippen LogP contribution in [0.2, 0.25) is 0 Å². The lowest BCUT2D eigenvalue weighted by atomic mass is 9.76. The molecule has 0 unspecified atom stereocenters. The first-order chi connectivity index (χ1) is 20.3. The fourth-order valence-electron chi connectivity index (χ4n) is 6.93. The van der Waals surface area contributed by atoms with Gasteiger partial charge in [-0.15, -0.1) is 0 Å². The number of aromatic nitrogens is 3. The Morgan fingerprint density at radius 1 is 0.390 bits per heavy atom. The predicted octanol–water partition coefficient (Wildman–Crippen LogP) is 9.38. The summed E-state index contributed by atoms with van der Waals surface area (Å²) >= 11 is 0. The third-order valence-corrected chi connectivity index (χ3v) is 8.88. The Balaban J connectivity index is 1.24. The molecule has 1 aromatic heterocycles. The maximum atomic E-state index is 4.95. The summed E-state index contributed by atoms with van der Waals surface area (Å²) in [5, 5.41) is 0. The van der Waals surface area contributed by atoms with Crippen LogP contribution in [0, 0.1) is 0 Å². The maximum absolute atomic E-state index is 4.95. The Hall–Kier alpha value is -4.89. The zero-order chi connectivity index (χ0) is 27.2. The molecule has 0 bridgehead atoms. The molecule has 1 spiro atoms. The molecule has 6 aromatic rings. The summed E-state index contributed by atoms with van der Waals surface area (Å²) in [6.07, 6.45) is 5.05. The number of fused-ring (bicyclic) bond motifs is 5. The van der Waals surface area contributed by atoms with Gasteiger partial charge in [0.1, 0.15) is 0 Å². The summed E-state index contributed by atoms with van der Waals surface area (Å²) in [6, 6.07) is 45.1. The molecular weight excluding hydrogens is 498 g/mol. The quantitative estimate of drug-likeness (QED) is 0.229. The van der Waals surface area contributed by atoms with Crippen LogP contribution in [-0.4, -0.2) is 15.0 Å². The van der Waals surface area contributed by atoms with Crippen LogP contribution in [0.5, 0.6) is 0 Å². The van der Waals surface area contributed by atoms with Crippen LogP contribution in [0.15, 0.2) is 127 Å². The van der Waals surface area contributed by atoms with E-state index in [4.69, 9.17) is 15.0 Å². The van der Waals surface area contributed by atoms with Crippen molar-refractivity contribution in [1.29, 1.82) is 0 Å². The molecule has 0 saturated heterocycles. The summed E-state index contributed by atoms with van der Waals surface area (Å²) in [7, 11) is 0. The smallest absolute Gasteiger partial charge is 0.164 e. The van der Waals surface area contributed by atoms with Gasteiger partial charge in [-0.25, -0.2) is 15.0 Å². The number of benzene rings is 5. The Morgan fingerprint density at radius 2 is 0.902 bits per heavy atom. The van der Waals surface area contributed by atoms with E-state index in [0.29, 0.717) is 17.5 Å². The summed E-state index contributed by atoms with van der Waals surface area (Å²) < 4.78 is 0. The zero-order valence-corrected chi connectivity index (χ0v) is 22.8. The molecule has 1 fully saturated rings. The highest BCUT2D eigenvalue weighted by Gasteiger charge is 2.44. The van der Waals surface area contributed by atoms with Gasteiger partial charge in [-0.2, -0.15) is 0 Å². The van der Waals surface area contributed by atoms with Crippen molar-refractivity contribution in [2.24, 2.45) is 0 Å². The summed E-state index contributed by atoms with van der Waals surface area (Å²) in [6.45, 7) is 0. The van der Waals surface area contributed by atoms with Gasteiger partial charge in [0.2, 0.25) is 0 Å². The molecule has 8 rings (SSSR count). The van der Waals surface area contributed by atoms with Gasteiger partial charge in [-0.1, -0.05) is 128 Å². The zero-order valence-electron chi connectivity index (χ0n) is 22.8. The molecule has 2 aliphatic rings. The molecule has 0 aliphatic heterocycles. The monoisotopic (exact) mass is 527 g/mol. The van der Waals surface area contributed by atoms with Crippen molar-refractivity contribution in [3.05, 3.63) is 139 Å². The van der Waals surface area contributed by atoms with Crippen molar-refractivity contribution in [3.63, 3.8) is 0 Å². The Labute approximate surface area is 240 Å². The van der Waals surface area contributed by atoms with Gasteiger partial charge in [0.05, 0.1) is 0 Å². The van der Waals surface area contributed by atoms with E-state index < -0.39 is 0 Å². The molecule has 3 heteroatoms. The summed E-state index contributed by atoms with van der Waals surface area (Å²) in [4.78, 5) is 14.8. The van der Waals surface area contributed by atoms with Gasteiger partial charge >= 0.3 is 0 Å². The molecule has 196 valence electrons. The number of hydrogen-bond donors (Lipinski definition) is 0.